The summed E-state index contributed by atoms with van der Waals surface area (Å²) >= 11 is 7.19. The van der Waals surface area contributed by atoms with Crippen LogP contribution in [-0.2, 0) is 10.8 Å². The van der Waals surface area contributed by atoms with Gasteiger partial charge in [-0.05, 0) is 204 Å². The molecule has 3 heterocycles. The van der Waals surface area contributed by atoms with Gasteiger partial charge < -0.3 is 23.7 Å². The maximum Gasteiger partial charge on any atom is 0.488 e. The largest absolute Gasteiger partial charge is 0.488 e. The first kappa shape index (κ1) is 77.3. The third kappa shape index (κ3) is 12.8. The van der Waals surface area contributed by atoms with E-state index in [1.54, 1.807) is 60.7 Å². The molecule has 22 rings (SSSR count). The summed E-state index contributed by atoms with van der Waals surface area (Å²) < 4.78 is 8.58. The van der Waals surface area contributed by atoms with Gasteiger partial charge >= 0.3 is 7.12 Å². The average Bonchev–Trinajstić information content (AvgIpc) is 1.52. The number of benzene rings is 17. The minimum atomic E-state index is -1.44. The van der Waals surface area contributed by atoms with Crippen LogP contribution in [0.4, 0.5) is 22.7 Å². The van der Waals surface area contributed by atoms with E-state index >= 15 is 0 Å². The van der Waals surface area contributed by atoms with Gasteiger partial charge in [0.25, 0.3) is 22.7 Å². The second-order valence-electron chi connectivity index (χ2n) is 30.8. The third-order valence-corrected chi connectivity index (χ3v) is 25.3. The molecule has 0 saturated heterocycles. The Labute approximate surface area is 725 Å². The van der Waals surface area contributed by atoms with E-state index in [9.17, 15) is 50.5 Å². The standard InChI is InChI=1S/C61H38N4O4.C25H14Br2N2O4.C18H14BNO2/c66-64(67)47-31-23-43(24-32-47)61(44-25-33-48(34-26-44)65(68)69)55-37-41(39-17-27-45(28-18-39)62-57-13-5-1-9-51(57)52-10-2-6-14-58(52)62)21-35-49(55)50-36-22-42(38-56(50)61)40-19-29-46(30-20-40)63-59-15-7-3-11-53(59)54-12-4-8-16-60(54)63;26-17-5-11-21-22-12-6-18(27)14-24(22)25(23(21)13-17,15-1-7-19(8-2-15)28(30)31)16-3-9-20(10-4-16)29(32)33;21-19(22)13-9-11-14(12-10-13)20-17-7-3-1-5-15(17)16-6-2-4-8-18(16)20/h1-38H;1-14H;1-12,21-22H. The Kier molecular flexibility index (Phi) is 19.4. The predicted octanol–water partition coefficient (Wildman–Crippen LogP) is 25.2. The normalized spacial score (nSPS) is 12.6. The van der Waals surface area contributed by atoms with Gasteiger partial charge in [-0.25, -0.2) is 0 Å². The zero-order valence-electron chi connectivity index (χ0n) is 65.6. The first-order valence-electron chi connectivity index (χ1n) is 40.0. The quantitative estimate of drug-likeness (QED) is 0.0594. The molecule has 2 aliphatic carbocycles. The molecule has 0 unspecified atom stereocenters. The van der Waals surface area contributed by atoms with Crippen molar-refractivity contribution in [3.8, 4) is 61.6 Å². The molecule has 20 heteroatoms. The lowest BCUT2D eigenvalue weighted by Gasteiger charge is -2.34. The van der Waals surface area contributed by atoms with Crippen LogP contribution in [-0.4, -0.2) is 50.6 Å². The minimum Gasteiger partial charge on any atom is -0.423 e. The van der Waals surface area contributed by atoms with E-state index in [2.05, 4.69) is 252 Å². The molecule has 0 spiro atoms. The van der Waals surface area contributed by atoms with E-state index < -0.39 is 27.8 Å². The summed E-state index contributed by atoms with van der Waals surface area (Å²) in [5, 5.41) is 72.4. The van der Waals surface area contributed by atoms with E-state index in [0.29, 0.717) is 5.46 Å². The van der Waals surface area contributed by atoms with Gasteiger partial charge in [-0.2, -0.15) is 0 Å². The molecule has 0 amide bonds. The lowest BCUT2D eigenvalue weighted by atomic mass is 9.67. The zero-order chi connectivity index (χ0) is 84.8. The molecule has 0 aliphatic heterocycles. The summed E-state index contributed by atoms with van der Waals surface area (Å²) in [6, 6.07) is 127. The van der Waals surface area contributed by atoms with Crippen molar-refractivity contribution in [2.75, 3.05) is 0 Å². The van der Waals surface area contributed by atoms with Crippen molar-refractivity contribution in [1.82, 2.24) is 13.7 Å². The van der Waals surface area contributed by atoms with Crippen LogP contribution in [0.2, 0.25) is 0 Å². The van der Waals surface area contributed by atoms with E-state index in [-0.39, 0.29) is 32.6 Å². The fourth-order valence-corrected chi connectivity index (χ4v) is 19.6. The highest BCUT2D eigenvalue weighted by Crippen LogP contribution is 2.60. The van der Waals surface area contributed by atoms with Crippen LogP contribution in [0.3, 0.4) is 0 Å². The van der Waals surface area contributed by atoms with Crippen molar-refractivity contribution in [3.05, 3.63) is 482 Å². The Morgan fingerprint density at radius 1 is 0.250 bits per heavy atom. The fraction of sp³-hybridized carbons (Fsp3) is 0.0192. The number of non-ortho nitro benzene ring substituents is 4. The van der Waals surface area contributed by atoms with Crippen molar-refractivity contribution in [1.29, 1.82) is 0 Å². The van der Waals surface area contributed by atoms with Crippen LogP contribution < -0.4 is 5.46 Å². The third-order valence-electron chi connectivity index (χ3n) is 24.4. The average molecular weight is 1740 g/mol. The highest BCUT2D eigenvalue weighted by Gasteiger charge is 2.49. The summed E-state index contributed by atoms with van der Waals surface area (Å²) in [6.45, 7) is 0. The lowest BCUT2D eigenvalue weighted by molar-refractivity contribution is -0.385. The fourth-order valence-electron chi connectivity index (χ4n) is 18.9. The zero-order valence-corrected chi connectivity index (χ0v) is 68.7. The topological polar surface area (TPSA) is 228 Å². The van der Waals surface area contributed by atoms with E-state index in [1.165, 1.54) is 56.6 Å². The SMILES string of the molecule is O=[N+]([O-])c1ccc(C2(c3ccc([N+](=O)[O-])cc3)c3cc(-c4ccc(-n5c6ccccc6c6ccccc65)cc4)ccc3-c3ccc(-c4ccc(-n5c6ccccc6c6ccccc65)cc4)cc32)cc1.O=[N+]([O-])c1ccc(C2(c3ccc([N+](=O)[O-])cc3)c3cc(Br)ccc3-c3ccc(Br)cc32)cc1.OB(O)c1ccc(-n2c3ccccc3c3ccccc32)cc1. The number of aromatic nitrogens is 3. The number of nitro benzene ring substituents is 4. The Balaban J connectivity index is 0.000000145. The second kappa shape index (κ2) is 31.0. The minimum absolute atomic E-state index is 0.000437. The highest BCUT2D eigenvalue weighted by molar-refractivity contribution is 9.10. The number of hydrogen-bond donors (Lipinski definition) is 2. The predicted molar refractivity (Wildman–Crippen MR) is 500 cm³/mol. The second-order valence-corrected chi connectivity index (χ2v) is 32.6. The molecular weight excluding hydrogens is 1680 g/mol. The maximum atomic E-state index is 12.1. The van der Waals surface area contributed by atoms with Gasteiger partial charge in [0.15, 0.2) is 0 Å². The van der Waals surface area contributed by atoms with E-state index in [4.69, 9.17) is 0 Å². The summed E-state index contributed by atoms with van der Waals surface area (Å²) in [5.41, 5.74) is 23.9. The molecule has 0 radical (unpaired) electrons. The number of nitrogens with zero attached hydrogens (tertiary/aromatic N) is 7. The van der Waals surface area contributed by atoms with Crippen LogP contribution in [0, 0.1) is 40.5 Å². The van der Waals surface area contributed by atoms with Gasteiger partial charge in [0.05, 0.1) is 63.6 Å². The van der Waals surface area contributed by atoms with Crippen molar-refractivity contribution in [2.24, 2.45) is 0 Å². The number of halogens is 2. The molecule has 2 N–H and O–H groups in total. The summed E-state index contributed by atoms with van der Waals surface area (Å²) in [6.07, 6.45) is 0. The molecule has 17 aromatic carbocycles. The van der Waals surface area contributed by atoms with Crippen molar-refractivity contribution in [2.45, 2.75) is 10.8 Å². The molecule has 20 aromatic rings. The van der Waals surface area contributed by atoms with Crippen molar-refractivity contribution in [3.63, 3.8) is 0 Å². The molecule has 0 saturated carbocycles. The van der Waals surface area contributed by atoms with Crippen LogP contribution in [0.15, 0.2) is 397 Å². The Morgan fingerprint density at radius 2 is 0.468 bits per heavy atom. The molecular formula is C104H66BBr2N7O10. The van der Waals surface area contributed by atoms with E-state index in [1.807, 2.05) is 97.1 Å². The number of hydrogen-bond acceptors (Lipinski definition) is 10. The van der Waals surface area contributed by atoms with Gasteiger partial charge in [0, 0.05) is 107 Å². The molecule has 3 aromatic heterocycles. The smallest absolute Gasteiger partial charge is 0.423 e. The summed E-state index contributed by atoms with van der Waals surface area (Å²) in [5.74, 6) is 0. The number of fused-ring (bicyclic) bond motifs is 15. The van der Waals surface area contributed by atoms with Crippen molar-refractivity contribution < 1.29 is 29.7 Å². The van der Waals surface area contributed by atoms with Gasteiger partial charge in [-0.15, -0.1) is 0 Å². The molecule has 124 heavy (non-hydrogen) atoms. The molecule has 2 aliphatic rings. The number of nitro groups is 4. The van der Waals surface area contributed by atoms with Crippen LogP contribution in [0.1, 0.15) is 44.5 Å². The molecule has 0 atom stereocenters. The van der Waals surface area contributed by atoms with Crippen molar-refractivity contribution >= 4 is 133 Å². The van der Waals surface area contributed by atoms with Crippen LogP contribution >= 0.6 is 31.9 Å². The van der Waals surface area contributed by atoms with Gasteiger partial charge in [-0.3, -0.25) is 40.5 Å². The Hall–Kier alpha value is -15.3. The molecule has 0 fully saturated rings. The number of para-hydroxylation sites is 6. The Bertz CT molecular complexity index is 7190. The monoisotopic (exact) mass is 1740 g/mol. The Morgan fingerprint density at radius 3 is 0.710 bits per heavy atom. The lowest BCUT2D eigenvalue weighted by Crippen LogP contribution is -2.29. The van der Waals surface area contributed by atoms with Crippen LogP contribution in [0.5, 0.6) is 0 Å². The van der Waals surface area contributed by atoms with Gasteiger partial charge in [-0.1, -0.05) is 262 Å². The van der Waals surface area contributed by atoms with Gasteiger partial charge in [0.2, 0.25) is 0 Å². The molecule has 17 nitrogen and oxygen atoms in total. The first-order valence-corrected chi connectivity index (χ1v) is 41.6. The maximum absolute atomic E-state index is 12.1. The molecule has 0 bridgehead atoms. The number of rotatable bonds is 14. The first-order chi connectivity index (χ1) is 60.4. The van der Waals surface area contributed by atoms with Crippen LogP contribution in [0.25, 0.3) is 127 Å². The highest BCUT2D eigenvalue weighted by atomic mass is 79.9. The summed E-state index contributed by atoms with van der Waals surface area (Å²) in [4.78, 5) is 45.1. The summed E-state index contributed by atoms with van der Waals surface area (Å²) in [7, 11) is -1.44. The molecule has 594 valence electrons. The van der Waals surface area contributed by atoms with Gasteiger partial charge in [0.1, 0.15) is 0 Å². The van der Waals surface area contributed by atoms with E-state index in [0.717, 1.165) is 148 Å².